The number of benzene rings is 1. The van der Waals surface area contributed by atoms with Gasteiger partial charge in [0.15, 0.2) is 12.1 Å². The van der Waals surface area contributed by atoms with Crippen LogP contribution in [-0.2, 0) is 30.2 Å². The number of aliphatic hydroxyl groups is 1. The molecule has 39 heavy (non-hydrogen) atoms. The first-order valence-corrected chi connectivity index (χ1v) is 14.7. The molecule has 9 heteroatoms. The van der Waals surface area contributed by atoms with Crippen molar-refractivity contribution in [2.75, 3.05) is 11.9 Å². The zero-order chi connectivity index (χ0) is 28.3. The molecule has 0 spiro atoms. The molecule has 220 valence electrons. The minimum absolute atomic E-state index is 0.198. The van der Waals surface area contributed by atoms with E-state index in [1.807, 2.05) is 0 Å². The first-order chi connectivity index (χ1) is 18.7. The van der Waals surface area contributed by atoms with E-state index in [9.17, 15) is 14.7 Å². The Kier molecular flexibility index (Phi) is 12.5. The maximum Gasteiger partial charge on any atom is 0.319 e. The molecule has 1 aromatic carbocycles. The van der Waals surface area contributed by atoms with Gasteiger partial charge < -0.3 is 34.7 Å². The molecular weight excluding hydrogens is 500 g/mol. The summed E-state index contributed by atoms with van der Waals surface area (Å²) in [4.78, 5) is 24.7. The second-order valence-corrected chi connectivity index (χ2v) is 11.2. The number of unbranched alkanes of at least 4 members (excludes halogenated alkanes) is 9. The number of amides is 2. The maximum absolute atomic E-state index is 12.5. The van der Waals surface area contributed by atoms with Crippen LogP contribution in [0.3, 0.4) is 0 Å². The van der Waals surface area contributed by atoms with Gasteiger partial charge in [0.1, 0.15) is 18.3 Å². The highest BCUT2D eigenvalue weighted by Crippen LogP contribution is 2.38. The molecule has 0 aliphatic carbocycles. The number of urea groups is 1. The molecule has 0 saturated carbocycles. The largest absolute Gasteiger partial charge is 0.465 e. The lowest BCUT2D eigenvalue weighted by molar-refractivity contribution is -0.222. The van der Waals surface area contributed by atoms with Crippen LogP contribution >= 0.6 is 0 Å². The smallest absolute Gasteiger partial charge is 0.319 e. The van der Waals surface area contributed by atoms with E-state index in [0.29, 0.717) is 12.3 Å². The third-order valence-electron chi connectivity index (χ3n) is 7.24. The van der Waals surface area contributed by atoms with Crippen molar-refractivity contribution in [2.45, 2.75) is 135 Å². The molecule has 2 heterocycles. The summed E-state index contributed by atoms with van der Waals surface area (Å²) in [7, 11) is 0. The number of carbonyl (C=O) groups excluding carboxylic acids is 2. The highest BCUT2D eigenvalue weighted by atomic mass is 16.8. The summed E-state index contributed by atoms with van der Waals surface area (Å²) in [5, 5.41) is 15.8. The van der Waals surface area contributed by atoms with Crippen molar-refractivity contribution in [3.63, 3.8) is 0 Å². The fraction of sp³-hybridized carbons (Fsp3) is 0.733. The Morgan fingerprint density at radius 3 is 2.18 bits per heavy atom. The Morgan fingerprint density at radius 1 is 0.949 bits per heavy atom. The molecule has 0 aromatic heterocycles. The molecule has 0 unspecified atom stereocenters. The fourth-order valence-corrected chi connectivity index (χ4v) is 5.17. The predicted octanol–water partition coefficient (Wildman–Crippen LogP) is 5.44. The second-order valence-electron chi connectivity index (χ2n) is 11.2. The van der Waals surface area contributed by atoms with Crippen LogP contribution < -0.4 is 10.6 Å². The van der Waals surface area contributed by atoms with Crippen LogP contribution in [0.1, 0.15) is 97.5 Å². The zero-order valence-electron chi connectivity index (χ0n) is 24.1. The lowest BCUT2D eigenvalue weighted by Crippen LogP contribution is -2.48. The molecule has 0 radical (unpaired) electrons. The van der Waals surface area contributed by atoms with Gasteiger partial charge in [0.25, 0.3) is 0 Å². The number of ether oxygens (including phenoxy) is 4. The summed E-state index contributed by atoms with van der Waals surface area (Å²) in [6, 6.07) is 6.25. The third-order valence-corrected chi connectivity index (χ3v) is 7.24. The van der Waals surface area contributed by atoms with Crippen LogP contribution in [0, 0.1) is 0 Å². The van der Waals surface area contributed by atoms with E-state index < -0.39 is 42.5 Å². The highest BCUT2D eigenvalue weighted by Gasteiger charge is 2.56. The van der Waals surface area contributed by atoms with Crippen LogP contribution in [-0.4, -0.2) is 60.1 Å². The zero-order valence-corrected chi connectivity index (χ0v) is 24.1. The summed E-state index contributed by atoms with van der Waals surface area (Å²) in [6.07, 6.45) is 9.90. The van der Waals surface area contributed by atoms with Gasteiger partial charge in [0, 0.05) is 5.69 Å². The maximum atomic E-state index is 12.5. The standard InChI is InChI=1S/C30H48N2O7/c1-5-6-7-8-9-10-11-12-13-14-19-36-24(33)20-22-15-17-23(18-16-22)32-29(35)31-21(2)25-26-27(28(34)37-25)39-30(3,4)38-26/h15-18,21,25-28,34H,5-14,19-20H2,1-4H3,(H2,31,32,35)/t21-,25+,26-,27-,28-/m0/s1. The average molecular weight is 549 g/mol. The number of hydrogen-bond donors (Lipinski definition) is 3. The number of rotatable bonds is 16. The van der Waals surface area contributed by atoms with E-state index in [1.54, 1.807) is 45.0 Å². The van der Waals surface area contributed by atoms with Gasteiger partial charge in [0.05, 0.1) is 19.1 Å². The average Bonchev–Trinajstić information content (AvgIpc) is 3.36. The van der Waals surface area contributed by atoms with E-state index in [1.165, 1.54) is 51.4 Å². The fourth-order valence-electron chi connectivity index (χ4n) is 5.17. The summed E-state index contributed by atoms with van der Waals surface area (Å²) in [5.74, 6) is -1.06. The summed E-state index contributed by atoms with van der Waals surface area (Å²) in [6.45, 7) is 8.05. The molecular formula is C30H48N2O7. The summed E-state index contributed by atoms with van der Waals surface area (Å²) < 4.78 is 22.5. The molecule has 5 atom stereocenters. The van der Waals surface area contributed by atoms with E-state index in [-0.39, 0.29) is 12.4 Å². The van der Waals surface area contributed by atoms with Crippen LogP contribution in [0.15, 0.2) is 24.3 Å². The van der Waals surface area contributed by atoms with Crippen LogP contribution in [0.4, 0.5) is 10.5 Å². The molecule has 2 aliphatic rings. The molecule has 1 aromatic rings. The van der Waals surface area contributed by atoms with Crippen molar-refractivity contribution in [2.24, 2.45) is 0 Å². The molecule has 0 bridgehead atoms. The summed E-state index contributed by atoms with van der Waals surface area (Å²) in [5.41, 5.74) is 1.41. The minimum Gasteiger partial charge on any atom is -0.465 e. The molecule has 3 rings (SSSR count). The van der Waals surface area contributed by atoms with Gasteiger partial charge in [-0.15, -0.1) is 0 Å². The van der Waals surface area contributed by atoms with Gasteiger partial charge >= 0.3 is 12.0 Å². The molecule has 3 N–H and O–H groups in total. The van der Waals surface area contributed by atoms with Gasteiger partial charge in [-0.2, -0.15) is 0 Å². The summed E-state index contributed by atoms with van der Waals surface area (Å²) >= 11 is 0. The van der Waals surface area contributed by atoms with Crippen LogP contribution in [0.5, 0.6) is 0 Å². The number of fused-ring (bicyclic) bond motifs is 1. The van der Waals surface area contributed by atoms with Crippen molar-refractivity contribution in [1.29, 1.82) is 0 Å². The van der Waals surface area contributed by atoms with Crippen LogP contribution in [0.2, 0.25) is 0 Å². The Balaban J connectivity index is 1.28. The first-order valence-electron chi connectivity index (χ1n) is 14.7. The van der Waals surface area contributed by atoms with Gasteiger partial charge in [-0.3, -0.25) is 4.79 Å². The predicted molar refractivity (Wildman–Crippen MR) is 149 cm³/mol. The van der Waals surface area contributed by atoms with E-state index in [2.05, 4.69) is 17.6 Å². The number of nitrogens with one attached hydrogen (secondary N) is 2. The van der Waals surface area contributed by atoms with Crippen LogP contribution in [0.25, 0.3) is 0 Å². The number of hydrogen-bond acceptors (Lipinski definition) is 7. The van der Waals surface area contributed by atoms with Crippen molar-refractivity contribution in [3.8, 4) is 0 Å². The van der Waals surface area contributed by atoms with E-state index in [4.69, 9.17) is 18.9 Å². The quantitative estimate of drug-likeness (QED) is 0.186. The lowest BCUT2D eigenvalue weighted by atomic mass is 10.1. The van der Waals surface area contributed by atoms with Gasteiger partial charge in [-0.1, -0.05) is 76.8 Å². The molecule has 9 nitrogen and oxygen atoms in total. The normalized spacial score (nSPS) is 24.2. The number of esters is 1. The number of carbonyl (C=O) groups is 2. The molecule has 2 amide bonds. The second kappa shape index (κ2) is 15.6. The number of anilines is 1. The van der Waals surface area contributed by atoms with E-state index in [0.717, 1.165) is 18.4 Å². The Morgan fingerprint density at radius 2 is 1.54 bits per heavy atom. The van der Waals surface area contributed by atoms with E-state index >= 15 is 0 Å². The topological polar surface area (TPSA) is 115 Å². The Hall–Kier alpha value is -2.20. The Labute approximate surface area is 233 Å². The minimum atomic E-state index is -1.11. The highest BCUT2D eigenvalue weighted by molar-refractivity contribution is 5.89. The van der Waals surface area contributed by atoms with Crippen molar-refractivity contribution in [3.05, 3.63) is 29.8 Å². The molecule has 2 saturated heterocycles. The van der Waals surface area contributed by atoms with Gasteiger partial charge in [-0.05, 0) is 44.9 Å². The molecule has 2 aliphatic heterocycles. The first kappa shape index (κ1) is 31.3. The lowest BCUT2D eigenvalue weighted by Gasteiger charge is -2.26. The SMILES string of the molecule is CCCCCCCCCCCCOC(=O)Cc1ccc(NC(=O)N[C@@H](C)[C@H]2O[C@H](O)[C@H]3OC(C)(C)O[C@@H]23)cc1. The number of aliphatic hydroxyl groups excluding tert-OH is 1. The molecule has 2 fully saturated rings. The van der Waals surface area contributed by atoms with Gasteiger partial charge in [0.2, 0.25) is 0 Å². The van der Waals surface area contributed by atoms with Crippen molar-refractivity contribution >= 4 is 17.7 Å². The van der Waals surface area contributed by atoms with Crippen molar-refractivity contribution < 1.29 is 33.6 Å². The Bertz CT molecular complexity index is 892. The monoisotopic (exact) mass is 548 g/mol. The van der Waals surface area contributed by atoms with Gasteiger partial charge in [-0.25, -0.2) is 4.79 Å². The third kappa shape index (κ3) is 10.4. The van der Waals surface area contributed by atoms with Crippen molar-refractivity contribution in [1.82, 2.24) is 5.32 Å².